The molecular weight excluding hydrogens is 541 g/mol. The summed E-state index contributed by atoms with van der Waals surface area (Å²) in [7, 11) is -7.07. The second kappa shape index (κ2) is 11.2. The predicted octanol–water partition coefficient (Wildman–Crippen LogP) is 9.43. The van der Waals surface area contributed by atoms with Gasteiger partial charge < -0.3 is 0 Å². The summed E-state index contributed by atoms with van der Waals surface area (Å²) in [4.78, 5) is 1.90. The zero-order valence-corrected chi connectivity index (χ0v) is 22.9. The van der Waals surface area contributed by atoms with E-state index < -0.39 is 32.2 Å². The van der Waals surface area contributed by atoms with Crippen LogP contribution in [0.2, 0.25) is 0 Å². The smallest absolute Gasteiger partial charge is 0.258 e. The summed E-state index contributed by atoms with van der Waals surface area (Å²) in [5, 5.41) is 0. The first kappa shape index (κ1) is 27.5. The van der Waals surface area contributed by atoms with Crippen LogP contribution in [0.1, 0.15) is 49.1 Å². The molecule has 0 aromatic heterocycles. The van der Waals surface area contributed by atoms with E-state index in [1.54, 1.807) is 0 Å². The van der Waals surface area contributed by atoms with Gasteiger partial charge in [-0.05, 0) is 85.0 Å². The molecule has 0 spiro atoms. The third kappa shape index (κ3) is 5.78. The van der Waals surface area contributed by atoms with E-state index in [-0.39, 0.29) is 4.90 Å². The van der Waals surface area contributed by atoms with Crippen LogP contribution in [-0.2, 0) is 16.3 Å². The van der Waals surface area contributed by atoms with Crippen molar-refractivity contribution in [3.8, 4) is 0 Å². The van der Waals surface area contributed by atoms with Gasteiger partial charge in [0.05, 0.1) is 30.6 Å². The van der Waals surface area contributed by atoms with E-state index in [0.29, 0.717) is 5.92 Å². The third-order valence-electron chi connectivity index (χ3n) is 7.16. The van der Waals surface area contributed by atoms with Crippen LogP contribution in [-0.4, -0.2) is 12.0 Å². The Morgan fingerprint density at radius 2 is 1.05 bits per heavy atom. The molecule has 0 unspecified atom stereocenters. The number of halogens is 3. The molecule has 0 aliphatic heterocycles. The Hall–Kier alpha value is -3.07. The predicted molar refractivity (Wildman–Crippen MR) is 149 cm³/mol. The van der Waals surface area contributed by atoms with E-state index in [0.717, 1.165) is 51.8 Å². The van der Waals surface area contributed by atoms with Crippen molar-refractivity contribution < 1.29 is 25.2 Å². The molecule has 1 aliphatic carbocycles. The minimum Gasteiger partial charge on any atom is -0.258 e. The molecule has 0 heterocycles. The second-order valence-electron chi connectivity index (χ2n) is 9.68. The average Bonchev–Trinajstić information content (AvgIpc) is 2.97. The molecule has 3 nitrogen and oxygen atoms in total. The molecule has 39 heavy (non-hydrogen) atoms. The van der Waals surface area contributed by atoms with Crippen molar-refractivity contribution in [3.63, 3.8) is 0 Å². The molecule has 0 saturated heterocycles. The summed E-state index contributed by atoms with van der Waals surface area (Å²) < 4.78 is 71.7. The van der Waals surface area contributed by atoms with Crippen LogP contribution in [0.25, 0.3) is 0 Å². The highest BCUT2D eigenvalue weighted by molar-refractivity contribution is 8.32. The number of alkyl halides is 3. The summed E-state index contributed by atoms with van der Waals surface area (Å²) in [5.74, 6) is 0.485. The van der Waals surface area contributed by atoms with E-state index in [1.165, 1.54) is 24.8 Å². The molecule has 4 aromatic carbocycles. The molecule has 8 heteroatoms. The van der Waals surface area contributed by atoms with Crippen LogP contribution in [0.5, 0.6) is 0 Å². The topological polar surface area (TPSA) is 46.9 Å². The van der Waals surface area contributed by atoms with E-state index >= 15 is 0 Å². The lowest BCUT2D eigenvalue weighted by atomic mass is 9.84. The quantitative estimate of drug-likeness (QED) is 0.164. The summed E-state index contributed by atoms with van der Waals surface area (Å²) in [6, 6.07) is 30.2. The van der Waals surface area contributed by atoms with Crippen molar-refractivity contribution in [1.82, 2.24) is 0 Å². The summed E-state index contributed by atoms with van der Waals surface area (Å²) in [6.07, 6.45) is 1.38. The number of benzene rings is 4. The first-order valence-corrected chi connectivity index (χ1v) is 15.9. The van der Waals surface area contributed by atoms with Crippen molar-refractivity contribution in [2.75, 3.05) is 0 Å². The second-order valence-corrected chi connectivity index (χ2v) is 14.3. The largest absolute Gasteiger partial charge is 0.422 e. The van der Waals surface area contributed by atoms with Crippen molar-refractivity contribution >= 4 is 20.4 Å². The van der Waals surface area contributed by atoms with Gasteiger partial charge in [0.15, 0.2) is 0 Å². The molecule has 0 radical (unpaired) electrons. The zero-order chi connectivity index (χ0) is 27.5. The van der Waals surface area contributed by atoms with Crippen LogP contribution in [0.3, 0.4) is 0 Å². The van der Waals surface area contributed by atoms with Crippen LogP contribution in [0, 0.1) is 0 Å². The molecular formula is C31H30F3O3S2+. The fourth-order valence-electron chi connectivity index (χ4n) is 5.15. The monoisotopic (exact) mass is 571 g/mol. The van der Waals surface area contributed by atoms with Crippen LogP contribution < -0.4 is 0 Å². The Labute approximate surface area is 229 Å². The van der Waals surface area contributed by atoms with Gasteiger partial charge in [-0.25, -0.2) is 0 Å². The molecule has 1 saturated carbocycles. The first-order chi connectivity index (χ1) is 18.7. The molecule has 5 rings (SSSR count). The summed E-state index contributed by atoms with van der Waals surface area (Å²) >= 11 is 0. The van der Waals surface area contributed by atoms with Gasteiger partial charge >= 0.3 is 16.3 Å². The normalized spacial score (nSPS) is 15.7. The molecule has 0 bridgehead atoms. The molecule has 1 fully saturated rings. The lowest BCUT2D eigenvalue weighted by Gasteiger charge is -2.35. The summed E-state index contributed by atoms with van der Waals surface area (Å²) in [6.45, 7) is 0. The van der Waals surface area contributed by atoms with Crippen molar-refractivity contribution in [2.24, 2.45) is 0 Å². The Balaban J connectivity index is 1.65. The molecule has 0 amide bonds. The number of hydrogen-bond donors (Lipinski definition) is 0. The highest BCUT2D eigenvalue weighted by Crippen LogP contribution is 2.68. The van der Waals surface area contributed by atoms with Crippen molar-refractivity contribution in [3.05, 3.63) is 120 Å². The van der Waals surface area contributed by atoms with Gasteiger partial charge in [0, 0.05) is 0 Å². The van der Waals surface area contributed by atoms with Gasteiger partial charge in [0.25, 0.3) is 0 Å². The Morgan fingerprint density at radius 3 is 1.54 bits per heavy atom. The Morgan fingerprint density at radius 1 is 0.590 bits per heavy atom. The van der Waals surface area contributed by atoms with Crippen LogP contribution in [0.15, 0.2) is 129 Å². The fraction of sp³-hybridized carbons (Fsp3) is 0.226. The van der Waals surface area contributed by atoms with Gasteiger partial charge in [-0.3, -0.25) is 3.63 Å². The number of hydrogen-bond acceptors (Lipinski definition) is 2. The molecule has 1 aliphatic rings. The Kier molecular flexibility index (Phi) is 7.89. The van der Waals surface area contributed by atoms with Crippen molar-refractivity contribution in [1.29, 1.82) is 0 Å². The average molecular weight is 572 g/mol. The third-order valence-corrected chi connectivity index (χ3v) is 12.6. The maximum absolute atomic E-state index is 13.8. The lowest BCUT2D eigenvalue weighted by Crippen LogP contribution is -2.19. The fourth-order valence-corrected chi connectivity index (χ4v) is 10.6. The SMILES string of the molecule is O=S(=O)([OH+]S(c1ccccc1)(c1ccccc1)c1ccc(C2CCCCC2)cc1)c1ccc(C(F)(F)F)cc1. The van der Waals surface area contributed by atoms with Gasteiger partial charge in [-0.2, -0.15) is 13.2 Å². The summed E-state index contributed by atoms with van der Waals surface area (Å²) in [5.41, 5.74) is 0.322. The van der Waals surface area contributed by atoms with E-state index in [4.69, 9.17) is 0 Å². The molecule has 0 atom stereocenters. The van der Waals surface area contributed by atoms with Gasteiger partial charge in [-0.1, -0.05) is 67.8 Å². The Bertz CT molecular complexity index is 1440. The maximum atomic E-state index is 13.8. The molecule has 1 N–H and O–H groups in total. The van der Waals surface area contributed by atoms with Crippen molar-refractivity contribution in [2.45, 2.75) is 63.8 Å². The minimum atomic E-state index is -4.57. The molecule has 204 valence electrons. The van der Waals surface area contributed by atoms with Gasteiger partial charge in [0.1, 0.15) is 4.90 Å². The maximum Gasteiger partial charge on any atom is 0.422 e. The highest BCUT2D eigenvalue weighted by atomic mass is 32.3. The van der Waals surface area contributed by atoms with Gasteiger partial charge in [-0.15, -0.1) is 8.42 Å². The van der Waals surface area contributed by atoms with Crippen LogP contribution in [0.4, 0.5) is 13.2 Å². The first-order valence-electron chi connectivity index (χ1n) is 12.9. The van der Waals surface area contributed by atoms with Gasteiger partial charge in [0.2, 0.25) is 0 Å². The van der Waals surface area contributed by atoms with E-state index in [9.17, 15) is 21.6 Å². The molecule has 4 aromatic rings. The number of rotatable bonds is 7. The van der Waals surface area contributed by atoms with E-state index in [1.807, 2.05) is 72.8 Å². The lowest BCUT2D eigenvalue weighted by molar-refractivity contribution is -0.137. The zero-order valence-electron chi connectivity index (χ0n) is 21.2. The van der Waals surface area contributed by atoms with E-state index in [2.05, 4.69) is 15.8 Å². The standard InChI is InChI=1S/C31H29F3O3S2/c32-31(33,34)26-18-22-30(23-19-26)39(35,36)37-38(27-12-6-2-7-13-27,28-14-8-3-9-15-28)29-20-16-25(17-21-29)24-10-4-1-5-11-24/h2-3,6-9,12-24H,1,4-5,10-11H2/p+1. The highest BCUT2D eigenvalue weighted by Gasteiger charge is 2.43. The van der Waals surface area contributed by atoms with Crippen LogP contribution >= 0.6 is 10.3 Å². The minimum absolute atomic E-state index is 0.280.